The van der Waals surface area contributed by atoms with Gasteiger partial charge in [-0.2, -0.15) is 5.26 Å². The van der Waals surface area contributed by atoms with Gasteiger partial charge in [0.05, 0.1) is 6.10 Å². The first-order valence-corrected chi connectivity index (χ1v) is 4.85. The highest BCUT2D eigenvalue weighted by Crippen LogP contribution is 2.02. The number of ether oxygens (including phenoxy) is 1. The SMILES string of the molecule is COC(C)CNCc1cccnc1C#N. The Kier molecular flexibility index (Phi) is 4.75. The van der Waals surface area contributed by atoms with Gasteiger partial charge in [-0.25, -0.2) is 4.98 Å². The zero-order chi connectivity index (χ0) is 11.1. The first-order valence-electron chi connectivity index (χ1n) is 4.85. The van der Waals surface area contributed by atoms with Crippen LogP contribution in [0, 0.1) is 11.3 Å². The highest BCUT2D eigenvalue weighted by Gasteiger charge is 2.03. The molecule has 1 unspecified atom stereocenters. The lowest BCUT2D eigenvalue weighted by Crippen LogP contribution is -2.25. The molecule has 0 saturated carbocycles. The largest absolute Gasteiger partial charge is 0.380 e. The van der Waals surface area contributed by atoms with Crippen LogP contribution in [0.25, 0.3) is 0 Å². The normalized spacial score (nSPS) is 12.1. The quantitative estimate of drug-likeness (QED) is 0.781. The highest BCUT2D eigenvalue weighted by atomic mass is 16.5. The topological polar surface area (TPSA) is 57.9 Å². The van der Waals surface area contributed by atoms with Crippen LogP contribution < -0.4 is 5.32 Å². The molecule has 0 amide bonds. The number of methoxy groups -OCH3 is 1. The Balaban J connectivity index is 2.47. The molecule has 4 heteroatoms. The minimum absolute atomic E-state index is 0.173. The van der Waals surface area contributed by atoms with Gasteiger partial charge in [0.15, 0.2) is 0 Å². The molecule has 1 atom stereocenters. The van der Waals surface area contributed by atoms with E-state index in [2.05, 4.69) is 16.4 Å². The smallest absolute Gasteiger partial charge is 0.144 e. The van der Waals surface area contributed by atoms with Crippen LogP contribution >= 0.6 is 0 Å². The number of hydrogen-bond donors (Lipinski definition) is 1. The Morgan fingerprint density at radius 3 is 3.13 bits per heavy atom. The molecule has 0 aliphatic rings. The van der Waals surface area contributed by atoms with Gasteiger partial charge in [-0.15, -0.1) is 0 Å². The van der Waals surface area contributed by atoms with Crippen molar-refractivity contribution >= 4 is 0 Å². The fourth-order valence-corrected chi connectivity index (χ4v) is 1.18. The van der Waals surface area contributed by atoms with Gasteiger partial charge in [0.1, 0.15) is 11.8 Å². The molecule has 0 bridgehead atoms. The summed E-state index contributed by atoms with van der Waals surface area (Å²) in [6.07, 6.45) is 1.80. The number of pyridine rings is 1. The van der Waals surface area contributed by atoms with E-state index in [1.165, 1.54) is 0 Å². The Labute approximate surface area is 89.9 Å². The summed E-state index contributed by atoms with van der Waals surface area (Å²) >= 11 is 0. The molecule has 0 aliphatic heterocycles. The summed E-state index contributed by atoms with van der Waals surface area (Å²) in [6.45, 7) is 3.39. The summed E-state index contributed by atoms with van der Waals surface area (Å²) in [5.74, 6) is 0. The number of aromatic nitrogens is 1. The molecule has 4 nitrogen and oxygen atoms in total. The average molecular weight is 205 g/mol. The van der Waals surface area contributed by atoms with E-state index in [-0.39, 0.29) is 6.10 Å². The van der Waals surface area contributed by atoms with Crippen LogP contribution in [0.15, 0.2) is 18.3 Å². The third-order valence-corrected chi connectivity index (χ3v) is 2.15. The molecule has 0 saturated heterocycles. The third kappa shape index (κ3) is 3.66. The van der Waals surface area contributed by atoms with Crippen molar-refractivity contribution in [2.24, 2.45) is 0 Å². The highest BCUT2D eigenvalue weighted by molar-refractivity contribution is 5.30. The molecule has 0 aromatic carbocycles. The first kappa shape index (κ1) is 11.6. The number of hydrogen-bond acceptors (Lipinski definition) is 4. The monoisotopic (exact) mass is 205 g/mol. The van der Waals surface area contributed by atoms with Crippen molar-refractivity contribution in [2.45, 2.75) is 19.6 Å². The Morgan fingerprint density at radius 1 is 1.67 bits per heavy atom. The van der Waals surface area contributed by atoms with Gasteiger partial charge in [-0.1, -0.05) is 6.07 Å². The van der Waals surface area contributed by atoms with Gasteiger partial charge in [0.2, 0.25) is 0 Å². The lowest BCUT2D eigenvalue weighted by Gasteiger charge is -2.10. The lowest BCUT2D eigenvalue weighted by molar-refractivity contribution is 0.117. The van der Waals surface area contributed by atoms with E-state index in [9.17, 15) is 0 Å². The van der Waals surface area contributed by atoms with E-state index in [1.807, 2.05) is 19.1 Å². The van der Waals surface area contributed by atoms with Crippen LogP contribution in [-0.4, -0.2) is 24.7 Å². The minimum atomic E-state index is 0.173. The van der Waals surface area contributed by atoms with E-state index < -0.39 is 0 Å². The van der Waals surface area contributed by atoms with Gasteiger partial charge >= 0.3 is 0 Å². The van der Waals surface area contributed by atoms with Crippen molar-refractivity contribution in [3.05, 3.63) is 29.6 Å². The second-order valence-electron chi connectivity index (χ2n) is 3.30. The summed E-state index contributed by atoms with van der Waals surface area (Å²) in [4.78, 5) is 3.98. The second-order valence-corrected chi connectivity index (χ2v) is 3.30. The molecule has 0 spiro atoms. The summed E-state index contributed by atoms with van der Waals surface area (Å²) in [6, 6.07) is 5.80. The molecule has 80 valence electrons. The summed E-state index contributed by atoms with van der Waals surface area (Å²) in [5.41, 5.74) is 1.40. The van der Waals surface area contributed by atoms with E-state index >= 15 is 0 Å². The molecule has 15 heavy (non-hydrogen) atoms. The zero-order valence-electron chi connectivity index (χ0n) is 9.03. The lowest BCUT2D eigenvalue weighted by atomic mass is 10.2. The minimum Gasteiger partial charge on any atom is -0.380 e. The Hall–Kier alpha value is -1.44. The number of nitrogens with zero attached hydrogens (tertiary/aromatic N) is 2. The van der Waals surface area contributed by atoms with Gasteiger partial charge < -0.3 is 10.1 Å². The number of nitriles is 1. The fraction of sp³-hybridized carbons (Fsp3) is 0.455. The number of rotatable bonds is 5. The van der Waals surface area contributed by atoms with Crippen LogP contribution in [0.1, 0.15) is 18.2 Å². The summed E-state index contributed by atoms with van der Waals surface area (Å²) in [5, 5.41) is 12.0. The first-order chi connectivity index (χ1) is 7.27. The van der Waals surface area contributed by atoms with Crippen molar-refractivity contribution in [2.75, 3.05) is 13.7 Å². The molecule has 0 aliphatic carbocycles. The Bertz CT molecular complexity index is 346. The van der Waals surface area contributed by atoms with E-state index in [1.54, 1.807) is 13.3 Å². The maximum Gasteiger partial charge on any atom is 0.144 e. The third-order valence-electron chi connectivity index (χ3n) is 2.15. The van der Waals surface area contributed by atoms with Crippen molar-refractivity contribution in [1.82, 2.24) is 10.3 Å². The van der Waals surface area contributed by atoms with Gasteiger partial charge in [0.25, 0.3) is 0 Å². The van der Waals surface area contributed by atoms with Gasteiger partial charge in [0, 0.05) is 32.0 Å². The average Bonchev–Trinajstić information content (AvgIpc) is 2.29. The van der Waals surface area contributed by atoms with Crippen molar-refractivity contribution < 1.29 is 4.74 Å². The van der Waals surface area contributed by atoms with E-state index in [0.717, 1.165) is 12.1 Å². The van der Waals surface area contributed by atoms with Crippen LogP contribution in [0.3, 0.4) is 0 Å². The van der Waals surface area contributed by atoms with E-state index in [4.69, 9.17) is 10.00 Å². The maximum absolute atomic E-state index is 8.81. The molecule has 1 aromatic rings. The van der Waals surface area contributed by atoms with Crippen molar-refractivity contribution in [1.29, 1.82) is 5.26 Å². The van der Waals surface area contributed by atoms with Crippen LogP contribution in [0.4, 0.5) is 0 Å². The molecular weight excluding hydrogens is 190 g/mol. The number of nitrogens with one attached hydrogen (secondary N) is 1. The van der Waals surface area contributed by atoms with Crippen molar-refractivity contribution in [3.63, 3.8) is 0 Å². The maximum atomic E-state index is 8.81. The summed E-state index contributed by atoms with van der Waals surface area (Å²) in [7, 11) is 1.68. The molecule has 1 aromatic heterocycles. The second kappa shape index (κ2) is 6.12. The molecule has 1 heterocycles. The van der Waals surface area contributed by atoms with Crippen LogP contribution in [-0.2, 0) is 11.3 Å². The van der Waals surface area contributed by atoms with Crippen molar-refractivity contribution in [3.8, 4) is 6.07 Å². The molecule has 0 radical (unpaired) electrons. The molecule has 1 rings (SSSR count). The zero-order valence-corrected chi connectivity index (χ0v) is 9.03. The van der Waals surface area contributed by atoms with Crippen LogP contribution in [0.2, 0.25) is 0 Å². The molecular formula is C11H15N3O. The fourth-order valence-electron chi connectivity index (χ4n) is 1.18. The standard InChI is InChI=1S/C11H15N3O/c1-9(15-2)7-13-8-10-4-3-5-14-11(10)6-12/h3-5,9,13H,7-8H2,1-2H3. The van der Waals surface area contributed by atoms with Crippen LogP contribution in [0.5, 0.6) is 0 Å². The van der Waals surface area contributed by atoms with Gasteiger partial charge in [-0.05, 0) is 13.0 Å². The molecule has 0 fully saturated rings. The summed E-state index contributed by atoms with van der Waals surface area (Å²) < 4.78 is 5.10. The Morgan fingerprint density at radius 2 is 2.47 bits per heavy atom. The molecule has 1 N–H and O–H groups in total. The predicted octanol–water partition coefficient (Wildman–Crippen LogP) is 1.08. The predicted molar refractivity (Wildman–Crippen MR) is 57.1 cm³/mol. The van der Waals surface area contributed by atoms with Gasteiger partial charge in [-0.3, -0.25) is 0 Å². The van der Waals surface area contributed by atoms with E-state index in [0.29, 0.717) is 12.2 Å².